The lowest BCUT2D eigenvalue weighted by Crippen LogP contribution is -2.18. The quantitative estimate of drug-likeness (QED) is 0.306. The van der Waals surface area contributed by atoms with Gasteiger partial charge in [0.15, 0.2) is 0 Å². The van der Waals surface area contributed by atoms with E-state index in [9.17, 15) is 31.4 Å². The fourth-order valence-corrected chi connectivity index (χ4v) is 4.10. The van der Waals surface area contributed by atoms with Crippen LogP contribution in [0.15, 0.2) is 71.2 Å². The second-order valence-corrected chi connectivity index (χ2v) is 8.72. The van der Waals surface area contributed by atoms with Gasteiger partial charge in [0.2, 0.25) is 0 Å². The molecule has 5 nitrogen and oxygen atoms in total. The van der Waals surface area contributed by atoms with Gasteiger partial charge in [-0.15, -0.1) is 0 Å². The number of nitrogens with two attached hydrogens (primary N) is 1. The fraction of sp³-hybridized carbons (Fsp3) is 0.214. The van der Waals surface area contributed by atoms with E-state index in [1.54, 1.807) is 24.3 Å². The SMILES string of the molecule is CN.N#Cc1ccc(COc2ccc(C3=NCCC(C(F)(F)F)=C3)c(O)c2-c2ccc(Cl)c(C(F)(F)F)c2)cc1. The molecule has 4 rings (SSSR count). The summed E-state index contributed by atoms with van der Waals surface area (Å²) in [5.74, 6) is -0.626. The Kier molecular flexibility index (Phi) is 9.50. The third kappa shape index (κ3) is 6.94. The van der Waals surface area contributed by atoms with Crippen LogP contribution in [0.2, 0.25) is 5.02 Å². The summed E-state index contributed by atoms with van der Waals surface area (Å²) in [6, 6.07) is 13.9. The second kappa shape index (κ2) is 12.4. The van der Waals surface area contributed by atoms with Gasteiger partial charge in [0.05, 0.1) is 33.5 Å². The number of rotatable bonds is 5. The van der Waals surface area contributed by atoms with Crippen LogP contribution in [0.25, 0.3) is 11.1 Å². The molecule has 0 saturated carbocycles. The maximum absolute atomic E-state index is 13.6. The molecule has 12 heteroatoms. The number of allylic oxidation sites excluding steroid dienone is 1. The highest BCUT2D eigenvalue weighted by Crippen LogP contribution is 2.45. The van der Waals surface area contributed by atoms with Crippen LogP contribution in [0.3, 0.4) is 0 Å². The van der Waals surface area contributed by atoms with E-state index in [-0.39, 0.29) is 47.7 Å². The van der Waals surface area contributed by atoms with Crippen LogP contribution in [0.4, 0.5) is 26.3 Å². The zero-order valence-electron chi connectivity index (χ0n) is 20.9. The molecule has 3 N–H and O–H groups in total. The third-order valence-electron chi connectivity index (χ3n) is 5.79. The molecule has 1 heterocycles. The van der Waals surface area contributed by atoms with Crippen molar-refractivity contribution in [1.82, 2.24) is 0 Å². The van der Waals surface area contributed by atoms with Crippen molar-refractivity contribution < 1.29 is 36.2 Å². The molecule has 210 valence electrons. The molecule has 0 radical (unpaired) electrons. The number of aromatic hydroxyl groups is 1. The number of phenolic OH excluding ortho intramolecular Hbond substituents is 1. The van der Waals surface area contributed by atoms with E-state index in [0.29, 0.717) is 11.1 Å². The number of halogens is 7. The van der Waals surface area contributed by atoms with Gasteiger partial charge in [0, 0.05) is 17.7 Å². The van der Waals surface area contributed by atoms with Gasteiger partial charge < -0.3 is 15.6 Å². The number of hydrogen-bond acceptors (Lipinski definition) is 5. The molecule has 0 amide bonds. The van der Waals surface area contributed by atoms with Crippen LogP contribution < -0.4 is 10.5 Å². The highest BCUT2D eigenvalue weighted by atomic mass is 35.5. The summed E-state index contributed by atoms with van der Waals surface area (Å²) in [6.45, 7) is -0.248. The molecule has 0 spiro atoms. The van der Waals surface area contributed by atoms with Crippen molar-refractivity contribution in [2.24, 2.45) is 10.7 Å². The molecule has 40 heavy (non-hydrogen) atoms. The van der Waals surface area contributed by atoms with Crippen LogP contribution in [0.5, 0.6) is 11.5 Å². The van der Waals surface area contributed by atoms with Crippen molar-refractivity contribution in [1.29, 1.82) is 5.26 Å². The Hall–Kier alpha value is -4.01. The first-order valence-corrected chi connectivity index (χ1v) is 12.0. The Balaban J connectivity index is 0.00000216. The van der Waals surface area contributed by atoms with Gasteiger partial charge in [0.1, 0.15) is 18.1 Å². The number of nitriles is 1. The number of aliphatic imine (C=N–C) groups is 1. The highest BCUT2D eigenvalue weighted by Gasteiger charge is 2.36. The summed E-state index contributed by atoms with van der Waals surface area (Å²) in [4.78, 5) is 4.08. The topological polar surface area (TPSA) is 91.6 Å². The molecular weight excluding hydrogens is 560 g/mol. The van der Waals surface area contributed by atoms with E-state index < -0.39 is 34.3 Å². The van der Waals surface area contributed by atoms with E-state index in [4.69, 9.17) is 21.6 Å². The Morgan fingerprint density at radius 2 is 1.68 bits per heavy atom. The lowest BCUT2D eigenvalue weighted by Gasteiger charge is -2.20. The number of nitrogens with zero attached hydrogens (tertiary/aromatic N) is 2. The minimum Gasteiger partial charge on any atom is -0.506 e. The Morgan fingerprint density at radius 1 is 1.00 bits per heavy atom. The molecule has 1 aliphatic heterocycles. The number of alkyl halides is 6. The largest absolute Gasteiger partial charge is 0.506 e. The predicted octanol–water partition coefficient (Wildman–Crippen LogP) is 7.44. The van der Waals surface area contributed by atoms with Crippen LogP contribution in [-0.4, -0.2) is 30.6 Å². The Bertz CT molecular complexity index is 1470. The maximum atomic E-state index is 13.6. The Labute approximate surface area is 230 Å². The molecular formula is C28H22ClF6N3O2. The maximum Gasteiger partial charge on any atom is 0.417 e. The molecule has 3 aromatic rings. The number of hydrogen-bond donors (Lipinski definition) is 2. The normalized spacial score (nSPS) is 13.4. The van der Waals surface area contributed by atoms with Crippen LogP contribution >= 0.6 is 11.6 Å². The van der Waals surface area contributed by atoms with Crippen molar-refractivity contribution in [3.05, 3.63) is 93.5 Å². The van der Waals surface area contributed by atoms with Gasteiger partial charge in [-0.3, -0.25) is 4.99 Å². The number of dihydropyridines is 1. The van der Waals surface area contributed by atoms with Crippen molar-refractivity contribution in [2.45, 2.75) is 25.4 Å². The predicted molar refractivity (Wildman–Crippen MR) is 139 cm³/mol. The van der Waals surface area contributed by atoms with E-state index in [1.165, 1.54) is 25.2 Å². The van der Waals surface area contributed by atoms with Crippen molar-refractivity contribution >= 4 is 17.3 Å². The lowest BCUT2D eigenvalue weighted by atomic mass is 9.94. The van der Waals surface area contributed by atoms with Gasteiger partial charge in [-0.05, 0) is 67.1 Å². The van der Waals surface area contributed by atoms with Crippen molar-refractivity contribution in [3.8, 4) is 28.7 Å². The van der Waals surface area contributed by atoms with E-state index in [2.05, 4.69) is 10.7 Å². The van der Waals surface area contributed by atoms with Crippen molar-refractivity contribution in [2.75, 3.05) is 13.6 Å². The molecule has 3 aromatic carbocycles. The van der Waals surface area contributed by atoms with Gasteiger partial charge in [-0.2, -0.15) is 31.6 Å². The van der Waals surface area contributed by atoms with Crippen LogP contribution in [-0.2, 0) is 12.8 Å². The smallest absolute Gasteiger partial charge is 0.417 e. The van der Waals surface area contributed by atoms with E-state index in [0.717, 1.165) is 18.2 Å². The Morgan fingerprint density at radius 3 is 2.27 bits per heavy atom. The first-order chi connectivity index (χ1) is 18.9. The molecule has 0 aromatic heterocycles. The summed E-state index contributed by atoms with van der Waals surface area (Å²) >= 11 is 5.76. The summed E-state index contributed by atoms with van der Waals surface area (Å²) < 4.78 is 86.4. The van der Waals surface area contributed by atoms with Gasteiger partial charge in [-0.1, -0.05) is 29.8 Å². The van der Waals surface area contributed by atoms with Crippen LogP contribution in [0, 0.1) is 11.3 Å². The zero-order chi connectivity index (χ0) is 29.7. The first kappa shape index (κ1) is 30.5. The van der Waals surface area contributed by atoms with Crippen LogP contribution in [0.1, 0.15) is 28.7 Å². The first-order valence-electron chi connectivity index (χ1n) is 11.6. The highest BCUT2D eigenvalue weighted by molar-refractivity contribution is 6.31. The van der Waals surface area contributed by atoms with E-state index in [1.807, 2.05) is 6.07 Å². The zero-order valence-corrected chi connectivity index (χ0v) is 21.6. The van der Waals surface area contributed by atoms with Gasteiger partial charge in [0.25, 0.3) is 0 Å². The minimum absolute atomic E-state index is 0.0255. The average molecular weight is 582 g/mol. The monoisotopic (exact) mass is 581 g/mol. The third-order valence-corrected chi connectivity index (χ3v) is 6.12. The molecule has 0 bridgehead atoms. The summed E-state index contributed by atoms with van der Waals surface area (Å²) in [7, 11) is 1.50. The van der Waals surface area contributed by atoms with Crippen molar-refractivity contribution in [3.63, 3.8) is 0 Å². The average Bonchev–Trinajstić information content (AvgIpc) is 2.93. The summed E-state index contributed by atoms with van der Waals surface area (Å²) in [5.41, 5.74) is 2.99. The molecule has 0 atom stereocenters. The summed E-state index contributed by atoms with van der Waals surface area (Å²) in [6.07, 6.45) is -8.93. The lowest BCUT2D eigenvalue weighted by molar-refractivity contribution is -0.137. The number of ether oxygens (including phenoxy) is 1. The molecule has 0 unspecified atom stereocenters. The number of phenols is 1. The standard InChI is InChI=1S/C27H17ClF6N2O2.CH5N/c28-21-7-5-17(11-20(21)27(32,33)34)24-23(38-14-16-3-1-15(13-35)2-4-16)8-6-19(25(24)37)22-12-18(9-10-36-22)26(29,30)31;1-2/h1-8,11-12,37H,9-10,14H2;2H2,1H3. The molecule has 1 aliphatic rings. The summed E-state index contributed by atoms with van der Waals surface area (Å²) in [5, 5.41) is 19.6. The van der Waals surface area contributed by atoms with Gasteiger partial charge >= 0.3 is 12.4 Å². The molecule has 0 fully saturated rings. The number of benzene rings is 3. The molecule has 0 aliphatic carbocycles. The fourth-order valence-electron chi connectivity index (χ4n) is 3.88. The second-order valence-electron chi connectivity index (χ2n) is 8.31. The molecule has 0 saturated heterocycles. The minimum atomic E-state index is -4.80. The van der Waals surface area contributed by atoms with E-state index >= 15 is 0 Å². The van der Waals surface area contributed by atoms with Gasteiger partial charge in [-0.25, -0.2) is 0 Å².